The summed E-state index contributed by atoms with van der Waals surface area (Å²) < 4.78 is 0. The van der Waals surface area contributed by atoms with Gasteiger partial charge >= 0.3 is 0 Å². The Labute approximate surface area is 159 Å². The number of para-hydroxylation sites is 1. The maximum absolute atomic E-state index is 12.4. The van der Waals surface area contributed by atoms with E-state index < -0.39 is 6.04 Å². The van der Waals surface area contributed by atoms with Crippen LogP contribution in [-0.4, -0.2) is 55.5 Å². The highest BCUT2D eigenvalue weighted by Crippen LogP contribution is 2.15. The highest BCUT2D eigenvalue weighted by molar-refractivity contribution is 5.87. The van der Waals surface area contributed by atoms with Gasteiger partial charge in [0, 0.05) is 31.9 Å². The van der Waals surface area contributed by atoms with E-state index in [1.54, 1.807) is 4.90 Å². The van der Waals surface area contributed by atoms with Gasteiger partial charge in [-0.1, -0.05) is 48.5 Å². The fraction of sp³-hybridized carbons (Fsp3) is 0.333. The monoisotopic (exact) mass is 366 g/mol. The molecule has 3 N–H and O–H groups in total. The molecule has 1 fully saturated rings. The molecule has 6 heteroatoms. The number of hydrogen-bond acceptors (Lipinski definition) is 4. The van der Waals surface area contributed by atoms with Crippen LogP contribution in [0.4, 0.5) is 5.69 Å². The number of nitrogens with zero attached hydrogens (tertiary/aromatic N) is 2. The predicted octanol–water partition coefficient (Wildman–Crippen LogP) is 1.02. The van der Waals surface area contributed by atoms with Gasteiger partial charge in [-0.25, -0.2) is 0 Å². The average Bonchev–Trinajstić information content (AvgIpc) is 2.73. The van der Waals surface area contributed by atoms with E-state index in [0.29, 0.717) is 19.5 Å². The first-order chi connectivity index (χ1) is 13.1. The average molecular weight is 366 g/mol. The molecule has 0 aliphatic carbocycles. The standard InChI is InChI=1S/C21H26N4O2/c22-19(15-17-7-3-1-4-8-17)21(27)23-16-20(26)25-13-11-24(12-14-25)18-9-5-2-6-10-18/h1-10,19H,11-16,22H2,(H,23,27). The topological polar surface area (TPSA) is 78.7 Å². The number of rotatable bonds is 6. The van der Waals surface area contributed by atoms with E-state index in [2.05, 4.69) is 22.3 Å². The van der Waals surface area contributed by atoms with E-state index in [0.717, 1.165) is 18.7 Å². The molecule has 1 unspecified atom stereocenters. The van der Waals surface area contributed by atoms with Crippen LogP contribution in [0.15, 0.2) is 60.7 Å². The summed E-state index contributed by atoms with van der Waals surface area (Å²) in [6.07, 6.45) is 0.455. The molecule has 1 heterocycles. The summed E-state index contributed by atoms with van der Waals surface area (Å²) in [6, 6.07) is 19.1. The molecule has 0 radical (unpaired) electrons. The number of nitrogens with two attached hydrogens (primary N) is 1. The smallest absolute Gasteiger partial charge is 0.242 e. The van der Waals surface area contributed by atoms with E-state index in [-0.39, 0.29) is 18.4 Å². The molecule has 0 saturated carbocycles. The highest BCUT2D eigenvalue weighted by atomic mass is 16.2. The quantitative estimate of drug-likeness (QED) is 0.800. The minimum absolute atomic E-state index is 0.00728. The van der Waals surface area contributed by atoms with Gasteiger partial charge in [-0.15, -0.1) is 0 Å². The molecular formula is C21H26N4O2. The lowest BCUT2D eigenvalue weighted by atomic mass is 10.1. The Morgan fingerprint density at radius 1 is 0.926 bits per heavy atom. The Hall–Kier alpha value is -2.86. The third-order valence-electron chi connectivity index (χ3n) is 4.80. The second-order valence-corrected chi connectivity index (χ2v) is 6.72. The molecule has 1 aliphatic heterocycles. The Balaban J connectivity index is 1.41. The van der Waals surface area contributed by atoms with Gasteiger partial charge in [0.25, 0.3) is 0 Å². The third-order valence-corrected chi connectivity index (χ3v) is 4.80. The van der Waals surface area contributed by atoms with E-state index in [1.807, 2.05) is 48.5 Å². The molecule has 0 spiro atoms. The molecule has 2 amide bonds. The van der Waals surface area contributed by atoms with Crippen molar-refractivity contribution in [2.24, 2.45) is 5.73 Å². The van der Waals surface area contributed by atoms with Crippen LogP contribution in [0.25, 0.3) is 0 Å². The number of benzene rings is 2. The molecule has 2 aromatic rings. The molecule has 1 atom stereocenters. The van der Waals surface area contributed by atoms with Gasteiger partial charge in [0.05, 0.1) is 12.6 Å². The predicted molar refractivity (Wildman–Crippen MR) is 106 cm³/mol. The first-order valence-electron chi connectivity index (χ1n) is 9.28. The van der Waals surface area contributed by atoms with Gasteiger partial charge in [-0.3, -0.25) is 9.59 Å². The Bertz CT molecular complexity index is 743. The molecular weight excluding hydrogens is 340 g/mol. The molecule has 27 heavy (non-hydrogen) atoms. The van der Waals surface area contributed by atoms with E-state index in [4.69, 9.17) is 5.73 Å². The Morgan fingerprint density at radius 2 is 1.52 bits per heavy atom. The summed E-state index contributed by atoms with van der Waals surface area (Å²) in [6.45, 7) is 2.88. The van der Waals surface area contributed by atoms with E-state index in [9.17, 15) is 9.59 Å². The lowest BCUT2D eigenvalue weighted by molar-refractivity contribution is -0.133. The molecule has 1 saturated heterocycles. The Morgan fingerprint density at radius 3 is 2.15 bits per heavy atom. The number of nitrogens with one attached hydrogen (secondary N) is 1. The fourth-order valence-electron chi connectivity index (χ4n) is 3.22. The molecule has 1 aliphatic rings. The first-order valence-corrected chi connectivity index (χ1v) is 9.28. The number of amides is 2. The van der Waals surface area contributed by atoms with Crippen LogP contribution in [0, 0.1) is 0 Å². The van der Waals surface area contributed by atoms with Crippen LogP contribution in [0.3, 0.4) is 0 Å². The zero-order valence-corrected chi connectivity index (χ0v) is 15.4. The lowest BCUT2D eigenvalue weighted by Crippen LogP contribution is -2.52. The second kappa shape index (κ2) is 9.19. The van der Waals surface area contributed by atoms with Crippen molar-refractivity contribution in [1.29, 1.82) is 0 Å². The van der Waals surface area contributed by atoms with E-state index in [1.165, 1.54) is 5.69 Å². The third kappa shape index (κ3) is 5.31. The number of anilines is 1. The van der Waals surface area contributed by atoms with Gasteiger partial charge < -0.3 is 20.9 Å². The summed E-state index contributed by atoms with van der Waals surface area (Å²) in [5, 5.41) is 2.67. The van der Waals surface area contributed by atoms with Crippen LogP contribution in [0.5, 0.6) is 0 Å². The molecule has 2 aromatic carbocycles. The van der Waals surface area contributed by atoms with Crippen LogP contribution < -0.4 is 16.0 Å². The van der Waals surface area contributed by atoms with Crippen molar-refractivity contribution in [3.8, 4) is 0 Å². The van der Waals surface area contributed by atoms with Crippen molar-refractivity contribution in [2.45, 2.75) is 12.5 Å². The van der Waals surface area contributed by atoms with Crippen LogP contribution >= 0.6 is 0 Å². The lowest BCUT2D eigenvalue weighted by Gasteiger charge is -2.36. The number of carbonyl (C=O) groups excluding carboxylic acids is 2. The van der Waals surface area contributed by atoms with Crippen molar-refractivity contribution in [1.82, 2.24) is 10.2 Å². The molecule has 0 aromatic heterocycles. The molecule has 3 rings (SSSR count). The molecule has 6 nitrogen and oxygen atoms in total. The van der Waals surface area contributed by atoms with Crippen molar-refractivity contribution in [3.63, 3.8) is 0 Å². The maximum atomic E-state index is 12.4. The normalized spacial score (nSPS) is 15.3. The number of carbonyl (C=O) groups is 2. The summed E-state index contributed by atoms with van der Waals surface area (Å²) in [5.41, 5.74) is 8.13. The van der Waals surface area contributed by atoms with Gasteiger partial charge in [0.1, 0.15) is 0 Å². The summed E-state index contributed by atoms with van der Waals surface area (Å²) in [5.74, 6) is -0.363. The van der Waals surface area contributed by atoms with Crippen molar-refractivity contribution < 1.29 is 9.59 Å². The van der Waals surface area contributed by atoms with E-state index >= 15 is 0 Å². The second-order valence-electron chi connectivity index (χ2n) is 6.72. The summed E-state index contributed by atoms with van der Waals surface area (Å²) >= 11 is 0. The first kappa shape index (κ1) is 18.9. The van der Waals surface area contributed by atoms with Crippen LogP contribution in [-0.2, 0) is 16.0 Å². The Kier molecular flexibility index (Phi) is 6.44. The van der Waals surface area contributed by atoms with Gasteiger partial charge in [-0.2, -0.15) is 0 Å². The zero-order chi connectivity index (χ0) is 19.1. The maximum Gasteiger partial charge on any atom is 0.242 e. The van der Waals surface area contributed by atoms with Crippen molar-refractivity contribution in [3.05, 3.63) is 66.2 Å². The summed E-state index contributed by atoms with van der Waals surface area (Å²) in [4.78, 5) is 28.6. The fourth-order valence-corrected chi connectivity index (χ4v) is 3.22. The number of piperazine rings is 1. The largest absolute Gasteiger partial charge is 0.368 e. The molecule has 0 bridgehead atoms. The summed E-state index contributed by atoms with van der Waals surface area (Å²) in [7, 11) is 0. The SMILES string of the molecule is NC(Cc1ccccc1)C(=O)NCC(=O)N1CCN(c2ccccc2)CC1. The van der Waals surface area contributed by atoms with Gasteiger partial charge in [0.2, 0.25) is 11.8 Å². The van der Waals surface area contributed by atoms with Gasteiger partial charge in [-0.05, 0) is 24.1 Å². The zero-order valence-electron chi connectivity index (χ0n) is 15.4. The van der Waals surface area contributed by atoms with Gasteiger partial charge in [0.15, 0.2) is 0 Å². The van der Waals surface area contributed by atoms with Crippen LogP contribution in [0.2, 0.25) is 0 Å². The van der Waals surface area contributed by atoms with Crippen LogP contribution in [0.1, 0.15) is 5.56 Å². The molecule has 142 valence electrons. The highest BCUT2D eigenvalue weighted by Gasteiger charge is 2.22. The minimum atomic E-state index is -0.657. The number of hydrogen-bond donors (Lipinski definition) is 2. The van der Waals surface area contributed by atoms with Crippen molar-refractivity contribution >= 4 is 17.5 Å². The minimum Gasteiger partial charge on any atom is -0.368 e. The van der Waals surface area contributed by atoms with Crippen molar-refractivity contribution in [2.75, 3.05) is 37.6 Å².